The second kappa shape index (κ2) is 8.17. The van der Waals surface area contributed by atoms with Gasteiger partial charge in [-0.1, -0.05) is 18.2 Å². The lowest BCUT2D eigenvalue weighted by molar-refractivity contribution is -0.161. The average molecular weight is 440 g/mol. The van der Waals surface area contributed by atoms with Gasteiger partial charge in [0.05, 0.1) is 6.61 Å². The van der Waals surface area contributed by atoms with Crippen LogP contribution in [-0.4, -0.2) is 61.4 Å². The number of carbonyl (C=O) groups is 3. The van der Waals surface area contributed by atoms with Gasteiger partial charge in [-0.05, 0) is 36.8 Å². The van der Waals surface area contributed by atoms with E-state index in [0.717, 1.165) is 11.1 Å². The van der Waals surface area contributed by atoms with Crippen molar-refractivity contribution in [3.05, 3.63) is 34.9 Å². The predicted octanol–water partition coefficient (Wildman–Crippen LogP) is 0.673. The van der Waals surface area contributed by atoms with Crippen molar-refractivity contribution in [2.45, 2.75) is 54.5 Å². The Morgan fingerprint density at radius 2 is 2.07 bits per heavy atom. The van der Waals surface area contributed by atoms with Gasteiger partial charge in [0.1, 0.15) is 23.5 Å². The molecule has 0 radical (unpaired) electrons. The number of carboxylic acids is 1. The molecule has 0 bridgehead atoms. The Labute approximate surface area is 177 Å². The molecule has 10 heteroatoms. The number of rotatable bonds is 7. The second-order valence-electron chi connectivity index (χ2n) is 7.68. The Morgan fingerprint density at radius 3 is 2.66 bits per heavy atom. The number of nitrogens with two attached hydrogens (primary N) is 1. The van der Waals surface area contributed by atoms with E-state index in [0.29, 0.717) is 11.3 Å². The Bertz CT molecular complexity index is 847. The maximum Gasteiger partial charge on any atom is 0.327 e. The summed E-state index contributed by atoms with van der Waals surface area (Å²) in [5, 5.41) is 21.2. The fourth-order valence-electron chi connectivity index (χ4n) is 3.82. The Kier molecular flexibility index (Phi) is 6.19. The van der Waals surface area contributed by atoms with E-state index >= 15 is 0 Å². The highest BCUT2D eigenvalue weighted by Gasteiger charge is 2.64. The van der Waals surface area contributed by atoms with Gasteiger partial charge in [-0.2, -0.15) is 11.8 Å². The highest BCUT2D eigenvalue weighted by atomic mass is 32.2. The van der Waals surface area contributed by atoms with Gasteiger partial charge in [0.25, 0.3) is 0 Å². The predicted molar refractivity (Wildman–Crippen MR) is 112 cm³/mol. The summed E-state index contributed by atoms with van der Waals surface area (Å²) in [6.45, 7) is 3.47. The number of carboxylic acid groups (broad SMARTS) is 1. The molecule has 0 aromatic heterocycles. The van der Waals surface area contributed by atoms with E-state index in [2.05, 4.69) is 5.32 Å². The molecule has 2 saturated heterocycles. The van der Waals surface area contributed by atoms with E-state index in [1.807, 2.05) is 6.26 Å². The zero-order valence-electron chi connectivity index (χ0n) is 16.4. The molecule has 4 unspecified atom stereocenters. The average Bonchev–Trinajstić information content (AvgIpc) is 2.93. The molecule has 158 valence electrons. The van der Waals surface area contributed by atoms with Crippen LogP contribution in [0.1, 0.15) is 36.6 Å². The van der Waals surface area contributed by atoms with E-state index in [1.54, 1.807) is 43.8 Å². The summed E-state index contributed by atoms with van der Waals surface area (Å²) in [6, 6.07) is 2.56. The van der Waals surface area contributed by atoms with Crippen LogP contribution in [0.25, 0.3) is 0 Å². The van der Waals surface area contributed by atoms with Crippen LogP contribution in [0.5, 0.6) is 0 Å². The van der Waals surface area contributed by atoms with Crippen LogP contribution in [0, 0.1) is 0 Å². The van der Waals surface area contributed by atoms with Crippen molar-refractivity contribution in [2.75, 3.05) is 6.26 Å². The summed E-state index contributed by atoms with van der Waals surface area (Å²) in [4.78, 5) is 38.1. The molecule has 2 aliphatic rings. The summed E-state index contributed by atoms with van der Waals surface area (Å²) in [6.07, 6.45) is 1.94. The zero-order valence-corrected chi connectivity index (χ0v) is 18.0. The van der Waals surface area contributed by atoms with Crippen LogP contribution in [0.2, 0.25) is 0 Å². The number of aliphatic carboxylic acids is 1. The first-order valence-corrected chi connectivity index (χ1v) is 11.4. The number of carbonyl (C=O) groups excluding carboxylic acids is 2. The quantitative estimate of drug-likeness (QED) is 0.456. The van der Waals surface area contributed by atoms with E-state index < -0.39 is 46.0 Å². The summed E-state index contributed by atoms with van der Waals surface area (Å²) < 4.78 is -0.652. The maximum atomic E-state index is 12.7. The largest absolute Gasteiger partial charge is 0.480 e. The summed E-state index contributed by atoms with van der Waals surface area (Å²) >= 11 is 2.96. The van der Waals surface area contributed by atoms with Crippen molar-refractivity contribution in [3.63, 3.8) is 0 Å². The number of nitrogens with zero attached hydrogens (tertiary/aromatic N) is 1. The minimum absolute atomic E-state index is 0.0938. The number of benzene rings is 1. The lowest BCUT2D eigenvalue weighted by Gasteiger charge is -2.43. The third-order valence-corrected chi connectivity index (χ3v) is 7.49. The fraction of sp³-hybridized carbons (Fsp3) is 0.526. The van der Waals surface area contributed by atoms with Crippen LogP contribution >= 0.6 is 23.5 Å². The maximum absolute atomic E-state index is 12.7. The van der Waals surface area contributed by atoms with Crippen molar-refractivity contribution in [1.29, 1.82) is 0 Å². The molecular formula is C19H25N3O5S2. The van der Waals surface area contributed by atoms with E-state index in [4.69, 9.17) is 5.73 Å². The molecule has 2 aliphatic heterocycles. The SMILES string of the molecule is CSCc1cc(C(N)C(=O)NC2C(=O)N3C2SC(C)(C)C3C(=O)O)ccc1CO. The third kappa shape index (κ3) is 3.86. The smallest absolute Gasteiger partial charge is 0.327 e. The molecular weight excluding hydrogens is 414 g/mol. The molecule has 4 atom stereocenters. The Hall–Kier alpha value is -1.75. The van der Waals surface area contributed by atoms with E-state index in [9.17, 15) is 24.6 Å². The topological polar surface area (TPSA) is 133 Å². The molecule has 29 heavy (non-hydrogen) atoms. The Morgan fingerprint density at radius 1 is 1.38 bits per heavy atom. The van der Waals surface area contributed by atoms with Gasteiger partial charge in [0.2, 0.25) is 11.8 Å². The van der Waals surface area contributed by atoms with E-state index in [-0.39, 0.29) is 6.61 Å². The molecule has 8 nitrogen and oxygen atoms in total. The van der Waals surface area contributed by atoms with E-state index in [1.165, 1.54) is 16.7 Å². The van der Waals surface area contributed by atoms with Gasteiger partial charge in [-0.25, -0.2) is 4.79 Å². The van der Waals surface area contributed by atoms with Crippen LogP contribution in [0.4, 0.5) is 0 Å². The Balaban J connectivity index is 1.72. The number of thioether (sulfide) groups is 2. The molecule has 3 rings (SSSR count). The fourth-order valence-corrected chi connectivity index (χ4v) is 6.03. The number of aliphatic hydroxyl groups excluding tert-OH is 1. The minimum atomic E-state index is -1.05. The van der Waals surface area contributed by atoms with Crippen LogP contribution < -0.4 is 11.1 Å². The number of hydrogen-bond donors (Lipinski definition) is 4. The van der Waals surface area contributed by atoms with Crippen LogP contribution in [0.3, 0.4) is 0 Å². The van der Waals surface area contributed by atoms with Gasteiger partial charge in [-0.3, -0.25) is 9.59 Å². The summed E-state index contributed by atoms with van der Waals surface area (Å²) in [7, 11) is 0. The molecule has 5 N–H and O–H groups in total. The molecule has 0 spiro atoms. The van der Waals surface area contributed by atoms with Gasteiger partial charge in [0.15, 0.2) is 0 Å². The lowest BCUT2D eigenvalue weighted by Crippen LogP contribution is -2.71. The van der Waals surface area contributed by atoms with Gasteiger partial charge < -0.3 is 26.2 Å². The number of β-lactam (4-membered cyclic amide) rings is 1. The highest BCUT2D eigenvalue weighted by Crippen LogP contribution is 2.50. The number of fused-ring (bicyclic) bond motifs is 1. The van der Waals surface area contributed by atoms with Crippen molar-refractivity contribution >= 4 is 41.3 Å². The normalized spacial score (nSPS) is 25.9. The van der Waals surface area contributed by atoms with Crippen molar-refractivity contribution in [2.24, 2.45) is 5.73 Å². The van der Waals surface area contributed by atoms with Gasteiger partial charge in [0, 0.05) is 10.5 Å². The van der Waals surface area contributed by atoms with Crippen LogP contribution in [-0.2, 0) is 26.7 Å². The molecule has 2 amide bonds. The molecule has 1 aromatic rings. The number of aliphatic hydroxyl groups is 1. The van der Waals surface area contributed by atoms with Crippen LogP contribution in [0.15, 0.2) is 18.2 Å². The van der Waals surface area contributed by atoms with Crippen molar-refractivity contribution in [1.82, 2.24) is 10.2 Å². The standard InChI is InChI=1S/C19H25N3O5S2/c1-19(2)14(18(26)27)22-16(25)13(17(22)29-19)21-15(24)12(20)9-4-5-10(7-23)11(6-9)8-28-3/h4-6,12-14,17,23H,7-8,20H2,1-3H3,(H,21,24)(H,26,27). The summed E-state index contributed by atoms with van der Waals surface area (Å²) in [5.41, 5.74) is 8.41. The van der Waals surface area contributed by atoms with Gasteiger partial charge >= 0.3 is 5.97 Å². The number of hydrogen-bond acceptors (Lipinski definition) is 7. The molecule has 1 aromatic carbocycles. The highest BCUT2D eigenvalue weighted by molar-refractivity contribution is 8.01. The molecule has 0 saturated carbocycles. The lowest BCUT2D eigenvalue weighted by atomic mass is 9.95. The minimum Gasteiger partial charge on any atom is -0.480 e. The third-order valence-electron chi connectivity index (χ3n) is 5.31. The monoisotopic (exact) mass is 439 g/mol. The number of amides is 2. The zero-order chi connectivity index (χ0) is 21.5. The first-order valence-electron chi connectivity index (χ1n) is 9.12. The molecule has 2 fully saturated rings. The molecule has 2 heterocycles. The first-order chi connectivity index (χ1) is 13.6. The van der Waals surface area contributed by atoms with Crippen molar-refractivity contribution in [3.8, 4) is 0 Å². The van der Waals surface area contributed by atoms with Gasteiger partial charge in [-0.15, -0.1) is 11.8 Å². The molecule has 0 aliphatic carbocycles. The second-order valence-corrected chi connectivity index (χ2v) is 10.3. The first kappa shape index (κ1) is 21.9. The van der Waals surface area contributed by atoms with Crippen molar-refractivity contribution < 1.29 is 24.6 Å². The summed E-state index contributed by atoms with van der Waals surface area (Å²) in [5.74, 6) is -1.27. The number of nitrogens with one attached hydrogen (secondary N) is 1.